The third-order valence-corrected chi connectivity index (χ3v) is 3.86. The number of nitrogens with zero attached hydrogens (tertiary/aromatic N) is 3. The van der Waals surface area contributed by atoms with Gasteiger partial charge in [-0.25, -0.2) is 0 Å². The SMILES string of the molecule is Cn1cc(N)c(N2CCSC(C)(C)C2)n1. The summed E-state index contributed by atoms with van der Waals surface area (Å²) >= 11 is 2.01. The number of hydrogen-bond donors (Lipinski definition) is 1. The Morgan fingerprint density at radius 2 is 2.27 bits per heavy atom. The molecule has 5 heteroatoms. The number of hydrogen-bond acceptors (Lipinski definition) is 4. The monoisotopic (exact) mass is 226 g/mol. The van der Waals surface area contributed by atoms with Crippen molar-refractivity contribution in [1.29, 1.82) is 0 Å². The van der Waals surface area contributed by atoms with Crippen LogP contribution in [0.4, 0.5) is 11.5 Å². The summed E-state index contributed by atoms with van der Waals surface area (Å²) in [6, 6.07) is 0. The lowest BCUT2D eigenvalue weighted by atomic mass is 10.2. The van der Waals surface area contributed by atoms with Crippen LogP contribution in [0.2, 0.25) is 0 Å². The van der Waals surface area contributed by atoms with Crippen LogP contribution in [0.5, 0.6) is 0 Å². The van der Waals surface area contributed by atoms with E-state index in [0.717, 1.165) is 30.3 Å². The Morgan fingerprint density at radius 3 is 2.80 bits per heavy atom. The summed E-state index contributed by atoms with van der Waals surface area (Å²) in [4.78, 5) is 2.28. The molecule has 0 saturated carbocycles. The molecule has 1 aliphatic heterocycles. The smallest absolute Gasteiger partial charge is 0.173 e. The van der Waals surface area contributed by atoms with Crippen LogP contribution in [0.1, 0.15) is 13.8 Å². The molecule has 1 aliphatic rings. The van der Waals surface area contributed by atoms with Gasteiger partial charge in [-0.2, -0.15) is 16.9 Å². The largest absolute Gasteiger partial charge is 0.394 e. The van der Waals surface area contributed by atoms with Crippen molar-refractivity contribution in [1.82, 2.24) is 9.78 Å². The average molecular weight is 226 g/mol. The van der Waals surface area contributed by atoms with Crippen LogP contribution < -0.4 is 10.6 Å². The van der Waals surface area contributed by atoms with E-state index in [2.05, 4.69) is 23.8 Å². The van der Waals surface area contributed by atoms with Gasteiger partial charge in [-0.15, -0.1) is 0 Å². The number of anilines is 2. The second-order valence-corrected chi connectivity index (χ2v) is 6.41. The van der Waals surface area contributed by atoms with Gasteiger partial charge in [-0.05, 0) is 13.8 Å². The molecule has 2 rings (SSSR count). The van der Waals surface area contributed by atoms with Gasteiger partial charge in [0.25, 0.3) is 0 Å². The van der Waals surface area contributed by atoms with Crippen molar-refractivity contribution in [2.24, 2.45) is 7.05 Å². The fourth-order valence-corrected chi connectivity index (χ4v) is 3.05. The van der Waals surface area contributed by atoms with Crippen molar-refractivity contribution < 1.29 is 0 Å². The first-order valence-electron chi connectivity index (χ1n) is 5.16. The molecule has 0 atom stereocenters. The summed E-state index contributed by atoms with van der Waals surface area (Å²) < 4.78 is 2.07. The molecule has 4 nitrogen and oxygen atoms in total. The highest BCUT2D eigenvalue weighted by atomic mass is 32.2. The van der Waals surface area contributed by atoms with Crippen molar-refractivity contribution in [3.63, 3.8) is 0 Å². The zero-order valence-electron chi connectivity index (χ0n) is 9.53. The average Bonchev–Trinajstić information content (AvgIpc) is 2.43. The summed E-state index contributed by atoms with van der Waals surface area (Å²) in [6.45, 7) is 6.58. The van der Waals surface area contributed by atoms with Crippen LogP contribution in [0.3, 0.4) is 0 Å². The van der Waals surface area contributed by atoms with E-state index in [1.54, 1.807) is 4.68 Å². The summed E-state index contributed by atoms with van der Waals surface area (Å²) in [5.74, 6) is 2.08. The number of nitrogens with two attached hydrogens (primary N) is 1. The summed E-state index contributed by atoms with van der Waals surface area (Å²) in [6.07, 6.45) is 1.87. The number of nitrogen functional groups attached to an aromatic ring is 1. The van der Waals surface area contributed by atoms with Crippen molar-refractivity contribution in [2.75, 3.05) is 29.5 Å². The predicted octanol–water partition coefficient (Wildman–Crippen LogP) is 1.33. The Kier molecular flexibility index (Phi) is 2.58. The maximum Gasteiger partial charge on any atom is 0.173 e. The van der Waals surface area contributed by atoms with Gasteiger partial charge < -0.3 is 10.6 Å². The fourth-order valence-electron chi connectivity index (χ4n) is 1.94. The van der Waals surface area contributed by atoms with Gasteiger partial charge in [0, 0.05) is 36.8 Å². The van der Waals surface area contributed by atoms with E-state index in [0.29, 0.717) is 4.75 Å². The number of thioether (sulfide) groups is 1. The molecule has 0 spiro atoms. The van der Waals surface area contributed by atoms with Crippen LogP contribution in [-0.2, 0) is 7.05 Å². The zero-order chi connectivity index (χ0) is 11.1. The topological polar surface area (TPSA) is 47.1 Å². The number of aryl methyl sites for hydroxylation is 1. The van der Waals surface area contributed by atoms with Gasteiger partial charge in [0.1, 0.15) is 0 Å². The molecule has 0 unspecified atom stereocenters. The maximum absolute atomic E-state index is 5.93. The van der Waals surface area contributed by atoms with E-state index in [1.165, 1.54) is 0 Å². The molecule has 84 valence electrons. The van der Waals surface area contributed by atoms with Crippen LogP contribution >= 0.6 is 11.8 Å². The fraction of sp³-hybridized carbons (Fsp3) is 0.700. The van der Waals surface area contributed by atoms with Gasteiger partial charge in [-0.3, -0.25) is 4.68 Å². The van der Waals surface area contributed by atoms with E-state index in [9.17, 15) is 0 Å². The first-order chi connectivity index (χ1) is 6.98. The van der Waals surface area contributed by atoms with Gasteiger partial charge in [0.15, 0.2) is 5.82 Å². The molecule has 1 aromatic heterocycles. The van der Waals surface area contributed by atoms with Crippen LogP contribution in [0.15, 0.2) is 6.20 Å². The standard InChI is InChI=1S/C10H18N4S/c1-10(2)7-14(4-5-15-10)9-8(11)6-13(3)12-9/h6H,4-5,7,11H2,1-3H3. The minimum absolute atomic E-state index is 0.294. The van der Waals surface area contributed by atoms with Crippen molar-refractivity contribution >= 4 is 23.3 Å². The Morgan fingerprint density at radius 1 is 1.53 bits per heavy atom. The van der Waals surface area contributed by atoms with Gasteiger partial charge in [-0.1, -0.05) is 0 Å². The van der Waals surface area contributed by atoms with E-state index >= 15 is 0 Å². The molecule has 0 amide bonds. The first kappa shape index (κ1) is 10.7. The highest BCUT2D eigenvalue weighted by Crippen LogP contribution is 2.33. The number of rotatable bonds is 1. The quantitative estimate of drug-likeness (QED) is 0.785. The molecule has 1 fully saturated rings. The summed E-state index contributed by atoms with van der Waals surface area (Å²) in [5, 5.41) is 4.41. The molecular formula is C10H18N4S. The molecule has 1 aromatic rings. The second-order valence-electron chi connectivity index (χ2n) is 4.61. The lowest BCUT2D eigenvalue weighted by Crippen LogP contribution is -2.43. The van der Waals surface area contributed by atoms with Crippen LogP contribution in [-0.4, -0.2) is 33.4 Å². The Balaban J connectivity index is 2.20. The second kappa shape index (κ2) is 3.63. The van der Waals surface area contributed by atoms with E-state index in [4.69, 9.17) is 5.73 Å². The van der Waals surface area contributed by atoms with E-state index in [-0.39, 0.29) is 0 Å². The summed E-state index contributed by atoms with van der Waals surface area (Å²) in [7, 11) is 1.91. The molecule has 1 saturated heterocycles. The molecular weight excluding hydrogens is 208 g/mol. The molecule has 2 N–H and O–H groups in total. The third kappa shape index (κ3) is 2.22. The minimum Gasteiger partial charge on any atom is -0.394 e. The van der Waals surface area contributed by atoms with E-state index < -0.39 is 0 Å². The van der Waals surface area contributed by atoms with Gasteiger partial charge >= 0.3 is 0 Å². The molecule has 0 aliphatic carbocycles. The minimum atomic E-state index is 0.294. The Bertz CT molecular complexity index is 358. The van der Waals surface area contributed by atoms with Crippen molar-refractivity contribution in [2.45, 2.75) is 18.6 Å². The third-order valence-electron chi connectivity index (χ3n) is 2.56. The first-order valence-corrected chi connectivity index (χ1v) is 6.14. The lowest BCUT2D eigenvalue weighted by Gasteiger charge is -2.37. The maximum atomic E-state index is 5.93. The molecule has 0 aromatic carbocycles. The highest BCUT2D eigenvalue weighted by molar-refractivity contribution is 8.00. The van der Waals surface area contributed by atoms with Crippen molar-refractivity contribution in [3.8, 4) is 0 Å². The molecule has 0 bridgehead atoms. The summed E-state index contributed by atoms with van der Waals surface area (Å²) in [5.41, 5.74) is 6.71. The van der Waals surface area contributed by atoms with Gasteiger partial charge in [0.2, 0.25) is 0 Å². The Labute approximate surface area is 94.8 Å². The number of aromatic nitrogens is 2. The predicted molar refractivity (Wildman–Crippen MR) is 66.4 cm³/mol. The van der Waals surface area contributed by atoms with Crippen molar-refractivity contribution in [3.05, 3.63) is 6.20 Å². The Hall–Kier alpha value is -0.840. The van der Waals surface area contributed by atoms with Crippen LogP contribution in [0, 0.1) is 0 Å². The molecule has 15 heavy (non-hydrogen) atoms. The normalized spacial score (nSPS) is 20.6. The zero-order valence-corrected chi connectivity index (χ0v) is 10.3. The molecule has 2 heterocycles. The van der Waals surface area contributed by atoms with Crippen LogP contribution in [0.25, 0.3) is 0 Å². The molecule has 0 radical (unpaired) electrons. The van der Waals surface area contributed by atoms with E-state index in [1.807, 2.05) is 25.0 Å². The lowest BCUT2D eigenvalue weighted by molar-refractivity contribution is 0.635. The highest BCUT2D eigenvalue weighted by Gasteiger charge is 2.29. The van der Waals surface area contributed by atoms with Gasteiger partial charge in [0.05, 0.1) is 5.69 Å².